The molecule has 1 aromatic rings. The number of nitrogens with zero attached hydrogens (tertiary/aromatic N) is 1. The Kier molecular flexibility index (Phi) is 7.23. The molecule has 6 nitrogen and oxygen atoms in total. The fourth-order valence-electron chi connectivity index (χ4n) is 1.77. The predicted octanol–water partition coefficient (Wildman–Crippen LogP) is 1.03. The van der Waals surface area contributed by atoms with Gasteiger partial charge >= 0.3 is 0 Å². The number of ether oxygens (including phenoxy) is 1. The molecule has 0 fully saturated rings. The van der Waals surface area contributed by atoms with Gasteiger partial charge < -0.3 is 15.4 Å². The van der Waals surface area contributed by atoms with Crippen LogP contribution in [0.25, 0.3) is 0 Å². The smallest absolute Gasteiger partial charge is 0.191 e. The standard InChI is InChI=1S/C13H19N3O3S.HI/c1-20(17,18)12-5-3-11(4-6-12)19-10-9-16-13-14-7-2-8-15-13;/h3-6H,2,7-10H2,1H3,(H2,14,15,16);1H. The van der Waals surface area contributed by atoms with Crippen LogP contribution in [0.2, 0.25) is 0 Å². The molecular formula is C13H20IN3O3S. The van der Waals surface area contributed by atoms with Crippen LogP contribution < -0.4 is 15.4 Å². The first-order valence-corrected chi connectivity index (χ1v) is 8.40. The molecular weight excluding hydrogens is 405 g/mol. The Balaban J connectivity index is 0.00000220. The molecule has 0 amide bonds. The van der Waals surface area contributed by atoms with Crippen molar-refractivity contribution in [3.63, 3.8) is 0 Å². The third-order valence-electron chi connectivity index (χ3n) is 2.81. The number of hydrogen-bond acceptors (Lipinski definition) is 6. The van der Waals surface area contributed by atoms with Crippen LogP contribution in [0, 0.1) is 0 Å². The topological polar surface area (TPSA) is 79.8 Å². The second-order valence-corrected chi connectivity index (χ2v) is 6.55. The molecule has 0 spiro atoms. The second-order valence-electron chi connectivity index (χ2n) is 4.53. The first kappa shape index (κ1) is 18.0. The summed E-state index contributed by atoms with van der Waals surface area (Å²) in [6.07, 6.45) is 2.25. The second kappa shape index (κ2) is 8.42. The molecule has 0 aromatic heterocycles. The van der Waals surface area contributed by atoms with Crippen LogP contribution in [0.3, 0.4) is 0 Å². The van der Waals surface area contributed by atoms with Gasteiger partial charge in [0.15, 0.2) is 15.8 Å². The number of aliphatic imine (C=N–C) groups is 1. The van der Waals surface area contributed by atoms with Crippen LogP contribution in [-0.2, 0) is 9.84 Å². The maximum Gasteiger partial charge on any atom is 0.191 e. The van der Waals surface area contributed by atoms with Crippen LogP contribution in [0.5, 0.6) is 5.75 Å². The van der Waals surface area contributed by atoms with Gasteiger partial charge in [-0.15, -0.1) is 24.0 Å². The van der Waals surface area contributed by atoms with E-state index < -0.39 is 9.84 Å². The lowest BCUT2D eigenvalue weighted by Crippen LogP contribution is -2.42. The van der Waals surface area contributed by atoms with Crippen molar-refractivity contribution in [2.24, 2.45) is 4.99 Å². The molecule has 0 bridgehead atoms. The Labute approximate surface area is 142 Å². The summed E-state index contributed by atoms with van der Waals surface area (Å²) in [6, 6.07) is 6.41. The van der Waals surface area contributed by atoms with Crippen molar-refractivity contribution in [2.45, 2.75) is 11.3 Å². The highest BCUT2D eigenvalue weighted by Gasteiger charge is 2.06. The van der Waals surface area contributed by atoms with E-state index in [1.807, 2.05) is 0 Å². The first-order chi connectivity index (χ1) is 9.55. The highest BCUT2D eigenvalue weighted by Crippen LogP contribution is 2.15. The molecule has 0 radical (unpaired) electrons. The summed E-state index contributed by atoms with van der Waals surface area (Å²) in [5.74, 6) is 1.46. The first-order valence-electron chi connectivity index (χ1n) is 6.51. The minimum absolute atomic E-state index is 0. The van der Waals surface area contributed by atoms with E-state index >= 15 is 0 Å². The molecule has 2 N–H and O–H groups in total. The zero-order chi connectivity index (χ0) is 14.4. The van der Waals surface area contributed by atoms with E-state index in [9.17, 15) is 8.42 Å². The van der Waals surface area contributed by atoms with Gasteiger partial charge in [-0.2, -0.15) is 0 Å². The fraction of sp³-hybridized carbons (Fsp3) is 0.462. The Morgan fingerprint density at radius 1 is 1.33 bits per heavy atom. The van der Waals surface area contributed by atoms with Crippen molar-refractivity contribution in [1.82, 2.24) is 10.6 Å². The lowest BCUT2D eigenvalue weighted by Gasteiger charge is -2.16. The van der Waals surface area contributed by atoms with E-state index in [4.69, 9.17) is 4.74 Å². The molecule has 1 aliphatic rings. The van der Waals surface area contributed by atoms with E-state index in [-0.39, 0.29) is 24.0 Å². The van der Waals surface area contributed by atoms with Gasteiger partial charge in [-0.05, 0) is 30.7 Å². The number of sulfone groups is 1. The minimum atomic E-state index is -3.15. The largest absolute Gasteiger partial charge is 0.492 e. The summed E-state index contributed by atoms with van der Waals surface area (Å²) in [6.45, 7) is 2.92. The molecule has 1 aliphatic heterocycles. The van der Waals surface area contributed by atoms with E-state index in [0.717, 1.165) is 25.5 Å². The monoisotopic (exact) mass is 425 g/mol. The zero-order valence-electron chi connectivity index (χ0n) is 11.8. The number of halogens is 1. The number of benzene rings is 1. The molecule has 0 saturated heterocycles. The van der Waals surface area contributed by atoms with E-state index in [1.54, 1.807) is 24.3 Å². The van der Waals surface area contributed by atoms with Crippen LogP contribution in [-0.4, -0.2) is 46.9 Å². The van der Waals surface area contributed by atoms with E-state index in [0.29, 0.717) is 23.8 Å². The molecule has 118 valence electrons. The van der Waals surface area contributed by atoms with E-state index in [1.165, 1.54) is 6.26 Å². The van der Waals surface area contributed by atoms with Crippen LogP contribution in [0.15, 0.2) is 34.2 Å². The molecule has 1 heterocycles. The van der Waals surface area contributed by atoms with Gasteiger partial charge in [0.1, 0.15) is 12.4 Å². The molecule has 0 atom stereocenters. The van der Waals surface area contributed by atoms with Gasteiger partial charge in [0.25, 0.3) is 0 Å². The summed E-state index contributed by atoms with van der Waals surface area (Å²) >= 11 is 0. The maximum absolute atomic E-state index is 11.3. The van der Waals surface area contributed by atoms with Gasteiger partial charge in [0.2, 0.25) is 0 Å². The fourth-order valence-corrected chi connectivity index (χ4v) is 2.40. The average molecular weight is 425 g/mol. The Morgan fingerprint density at radius 3 is 2.62 bits per heavy atom. The molecule has 21 heavy (non-hydrogen) atoms. The van der Waals surface area contributed by atoms with Crippen LogP contribution >= 0.6 is 24.0 Å². The van der Waals surface area contributed by atoms with Crippen molar-refractivity contribution in [3.8, 4) is 5.75 Å². The average Bonchev–Trinajstić information content (AvgIpc) is 2.44. The van der Waals surface area contributed by atoms with Crippen molar-refractivity contribution < 1.29 is 13.2 Å². The number of guanidine groups is 1. The zero-order valence-corrected chi connectivity index (χ0v) is 15.0. The molecule has 1 aromatic carbocycles. The van der Waals surface area contributed by atoms with Crippen molar-refractivity contribution >= 4 is 39.8 Å². The third kappa shape index (κ3) is 6.08. The Hall–Kier alpha value is -1.03. The number of rotatable bonds is 5. The van der Waals surface area contributed by atoms with Gasteiger partial charge in [-0.3, -0.25) is 4.99 Å². The highest BCUT2D eigenvalue weighted by atomic mass is 127. The van der Waals surface area contributed by atoms with Crippen LogP contribution in [0.1, 0.15) is 6.42 Å². The third-order valence-corrected chi connectivity index (χ3v) is 3.94. The van der Waals surface area contributed by atoms with Gasteiger partial charge in [-0.1, -0.05) is 0 Å². The maximum atomic E-state index is 11.3. The van der Waals surface area contributed by atoms with Crippen molar-refractivity contribution in [1.29, 1.82) is 0 Å². The number of hydrogen-bond donors (Lipinski definition) is 2. The molecule has 0 unspecified atom stereocenters. The van der Waals surface area contributed by atoms with Gasteiger partial charge in [-0.25, -0.2) is 8.42 Å². The summed E-state index contributed by atoms with van der Waals surface area (Å²) in [7, 11) is -3.15. The summed E-state index contributed by atoms with van der Waals surface area (Å²) in [5.41, 5.74) is 0. The summed E-state index contributed by atoms with van der Waals surface area (Å²) in [5, 5.41) is 6.30. The Bertz CT molecular complexity index is 573. The quantitative estimate of drug-likeness (QED) is 0.544. The number of nitrogens with one attached hydrogen (secondary N) is 2. The lowest BCUT2D eigenvalue weighted by atomic mass is 10.3. The van der Waals surface area contributed by atoms with Gasteiger partial charge in [0, 0.05) is 19.3 Å². The molecule has 0 saturated carbocycles. The van der Waals surface area contributed by atoms with Crippen molar-refractivity contribution in [2.75, 3.05) is 32.5 Å². The molecule has 2 rings (SSSR count). The lowest BCUT2D eigenvalue weighted by molar-refractivity contribution is 0.321. The SMILES string of the molecule is CS(=O)(=O)c1ccc(OCCNC2=NCCCN2)cc1.I. The minimum Gasteiger partial charge on any atom is -0.492 e. The van der Waals surface area contributed by atoms with Crippen LogP contribution in [0.4, 0.5) is 0 Å². The highest BCUT2D eigenvalue weighted by molar-refractivity contribution is 14.0. The molecule has 8 heteroatoms. The van der Waals surface area contributed by atoms with E-state index in [2.05, 4.69) is 15.6 Å². The summed E-state index contributed by atoms with van der Waals surface area (Å²) < 4.78 is 28.1. The summed E-state index contributed by atoms with van der Waals surface area (Å²) in [4.78, 5) is 4.58. The Morgan fingerprint density at radius 2 is 2.05 bits per heavy atom. The molecule has 0 aliphatic carbocycles. The predicted molar refractivity (Wildman–Crippen MR) is 93.4 cm³/mol. The van der Waals surface area contributed by atoms with Crippen molar-refractivity contribution in [3.05, 3.63) is 24.3 Å². The normalized spacial score (nSPS) is 14.4. The van der Waals surface area contributed by atoms with Gasteiger partial charge in [0.05, 0.1) is 11.4 Å².